The molecule has 0 bridgehead atoms. The number of carbonyl (C=O) groups excluding carboxylic acids is 1. The molecule has 0 unspecified atom stereocenters. The zero-order valence-corrected chi connectivity index (χ0v) is 15.1. The quantitative estimate of drug-likeness (QED) is 0.719. The fourth-order valence-electron chi connectivity index (χ4n) is 2.72. The minimum atomic E-state index is -0.281. The summed E-state index contributed by atoms with van der Waals surface area (Å²) in [6.45, 7) is 7.19. The van der Waals surface area contributed by atoms with E-state index >= 15 is 0 Å². The number of amides is 1. The summed E-state index contributed by atoms with van der Waals surface area (Å²) in [5.74, 6) is 1.24. The van der Waals surface area contributed by atoms with E-state index in [0.29, 0.717) is 23.6 Å². The van der Waals surface area contributed by atoms with Gasteiger partial charge in [0.05, 0.1) is 11.4 Å². The molecule has 0 radical (unpaired) electrons. The third kappa shape index (κ3) is 3.71. The zero-order chi connectivity index (χ0) is 18.8. The Morgan fingerprint density at radius 2 is 2.00 bits per heavy atom. The fraction of sp³-hybridized carbons (Fsp3) is 0.353. The fourth-order valence-corrected chi connectivity index (χ4v) is 2.72. The first-order valence-electron chi connectivity index (χ1n) is 8.20. The summed E-state index contributed by atoms with van der Waals surface area (Å²) in [5, 5.41) is 11.0. The summed E-state index contributed by atoms with van der Waals surface area (Å²) in [7, 11) is 0. The lowest BCUT2D eigenvalue weighted by Gasteiger charge is -2.08. The second kappa shape index (κ2) is 6.95. The van der Waals surface area contributed by atoms with Gasteiger partial charge in [-0.3, -0.25) is 14.6 Å². The number of anilines is 1. The molecule has 0 spiro atoms. The maximum atomic E-state index is 12.4. The molecule has 0 aliphatic rings. The van der Waals surface area contributed by atoms with Gasteiger partial charge in [0, 0.05) is 29.8 Å². The minimum absolute atomic E-state index is 0.179. The topological polar surface area (TPSA) is 119 Å². The van der Waals surface area contributed by atoms with E-state index in [1.54, 1.807) is 19.9 Å². The molecule has 1 amide bonds. The van der Waals surface area contributed by atoms with Crippen molar-refractivity contribution in [1.82, 2.24) is 24.9 Å². The standard InChI is InChI=1S/C17H20N6O3/c1-9-8-16(25)20-17(18-9)23-14(7-10(2)21-23)19-15(24)6-5-13-11(3)22-26-12(13)4/h7-8H,5-6H2,1-4H3,(H,19,24)(H,18,20,25). The highest BCUT2D eigenvalue weighted by Gasteiger charge is 2.15. The van der Waals surface area contributed by atoms with E-state index in [1.807, 2.05) is 13.8 Å². The largest absolute Gasteiger partial charge is 0.361 e. The molecule has 3 heterocycles. The molecule has 136 valence electrons. The van der Waals surface area contributed by atoms with Crippen LogP contribution in [0.1, 0.15) is 34.8 Å². The Labute approximate surface area is 149 Å². The van der Waals surface area contributed by atoms with Gasteiger partial charge in [-0.25, -0.2) is 4.98 Å². The molecule has 0 fully saturated rings. The van der Waals surface area contributed by atoms with E-state index in [-0.39, 0.29) is 23.8 Å². The van der Waals surface area contributed by atoms with Crippen molar-refractivity contribution in [2.75, 3.05) is 5.32 Å². The maximum absolute atomic E-state index is 12.4. The molecule has 0 atom stereocenters. The molecular formula is C17H20N6O3. The molecule has 0 aromatic carbocycles. The first-order valence-corrected chi connectivity index (χ1v) is 8.20. The van der Waals surface area contributed by atoms with Crippen LogP contribution in [0.3, 0.4) is 0 Å². The molecule has 2 N–H and O–H groups in total. The predicted octanol–water partition coefficient (Wildman–Crippen LogP) is 1.75. The van der Waals surface area contributed by atoms with Gasteiger partial charge in [-0.05, 0) is 34.1 Å². The van der Waals surface area contributed by atoms with E-state index in [9.17, 15) is 9.59 Å². The van der Waals surface area contributed by atoms with Crippen molar-refractivity contribution < 1.29 is 9.32 Å². The number of aromatic nitrogens is 5. The predicted molar refractivity (Wildman–Crippen MR) is 94.4 cm³/mol. The molecule has 26 heavy (non-hydrogen) atoms. The Balaban J connectivity index is 1.78. The lowest BCUT2D eigenvalue weighted by atomic mass is 10.1. The first-order chi connectivity index (χ1) is 12.3. The van der Waals surface area contributed by atoms with E-state index in [0.717, 1.165) is 17.0 Å². The van der Waals surface area contributed by atoms with E-state index in [4.69, 9.17) is 4.52 Å². The molecule has 9 heteroatoms. The number of carbonyl (C=O) groups is 1. The van der Waals surface area contributed by atoms with Gasteiger partial charge in [0.15, 0.2) is 0 Å². The summed E-state index contributed by atoms with van der Waals surface area (Å²) in [6.07, 6.45) is 0.796. The van der Waals surface area contributed by atoms with Gasteiger partial charge >= 0.3 is 0 Å². The Bertz CT molecular complexity index is 994. The molecule has 0 saturated heterocycles. The van der Waals surface area contributed by atoms with Gasteiger partial charge in [0.1, 0.15) is 11.6 Å². The number of hydrogen-bond donors (Lipinski definition) is 2. The number of nitrogens with one attached hydrogen (secondary N) is 2. The van der Waals surface area contributed by atoms with Crippen LogP contribution in [0.15, 0.2) is 21.5 Å². The highest BCUT2D eigenvalue weighted by Crippen LogP contribution is 2.17. The van der Waals surface area contributed by atoms with E-state index in [2.05, 4.69) is 25.5 Å². The van der Waals surface area contributed by atoms with E-state index in [1.165, 1.54) is 10.7 Å². The molecule has 0 aliphatic heterocycles. The average Bonchev–Trinajstić information content (AvgIpc) is 3.07. The molecule has 0 saturated carbocycles. The van der Waals surface area contributed by atoms with Crippen LogP contribution in [-0.4, -0.2) is 30.8 Å². The van der Waals surface area contributed by atoms with Crippen LogP contribution in [0, 0.1) is 27.7 Å². The van der Waals surface area contributed by atoms with Crippen LogP contribution in [-0.2, 0) is 11.2 Å². The highest BCUT2D eigenvalue weighted by atomic mass is 16.5. The lowest BCUT2D eigenvalue weighted by Crippen LogP contribution is -2.19. The molecular weight excluding hydrogens is 336 g/mol. The number of aryl methyl sites for hydroxylation is 4. The second-order valence-corrected chi connectivity index (χ2v) is 6.14. The first kappa shape index (κ1) is 17.6. The van der Waals surface area contributed by atoms with Gasteiger partial charge < -0.3 is 9.84 Å². The number of aromatic amines is 1. The number of H-pyrrole nitrogens is 1. The third-order valence-corrected chi connectivity index (χ3v) is 3.94. The smallest absolute Gasteiger partial charge is 0.252 e. The minimum Gasteiger partial charge on any atom is -0.361 e. The van der Waals surface area contributed by atoms with Gasteiger partial charge in [-0.2, -0.15) is 9.78 Å². The van der Waals surface area contributed by atoms with Crippen LogP contribution in [0.2, 0.25) is 0 Å². The Hall–Kier alpha value is -3.23. The molecule has 3 aromatic rings. The molecule has 3 aromatic heterocycles. The van der Waals surface area contributed by atoms with Crippen LogP contribution < -0.4 is 10.9 Å². The van der Waals surface area contributed by atoms with Crippen LogP contribution in [0.5, 0.6) is 0 Å². The van der Waals surface area contributed by atoms with Crippen molar-refractivity contribution >= 4 is 11.7 Å². The third-order valence-electron chi connectivity index (χ3n) is 3.94. The summed E-state index contributed by atoms with van der Waals surface area (Å²) >= 11 is 0. The molecule has 9 nitrogen and oxygen atoms in total. The lowest BCUT2D eigenvalue weighted by molar-refractivity contribution is -0.116. The highest BCUT2D eigenvalue weighted by molar-refractivity contribution is 5.90. The number of nitrogens with zero attached hydrogens (tertiary/aromatic N) is 4. The van der Waals surface area contributed by atoms with Crippen molar-refractivity contribution in [3.05, 3.63) is 50.9 Å². The van der Waals surface area contributed by atoms with Gasteiger partial charge in [0.25, 0.3) is 5.56 Å². The van der Waals surface area contributed by atoms with E-state index < -0.39 is 0 Å². The Kier molecular flexibility index (Phi) is 4.70. The number of hydrogen-bond acceptors (Lipinski definition) is 6. The van der Waals surface area contributed by atoms with Crippen molar-refractivity contribution in [2.24, 2.45) is 0 Å². The van der Waals surface area contributed by atoms with Crippen LogP contribution >= 0.6 is 0 Å². The second-order valence-electron chi connectivity index (χ2n) is 6.14. The van der Waals surface area contributed by atoms with Crippen molar-refractivity contribution in [3.63, 3.8) is 0 Å². The summed E-state index contributed by atoms with van der Waals surface area (Å²) in [4.78, 5) is 30.9. The maximum Gasteiger partial charge on any atom is 0.252 e. The Morgan fingerprint density at radius 1 is 1.23 bits per heavy atom. The zero-order valence-electron chi connectivity index (χ0n) is 15.1. The normalized spacial score (nSPS) is 10.9. The summed E-state index contributed by atoms with van der Waals surface area (Å²) < 4.78 is 6.52. The SMILES string of the molecule is Cc1cc(=O)[nH]c(-n2nc(C)cc2NC(=O)CCc2c(C)noc2C)n1. The summed E-state index contributed by atoms with van der Waals surface area (Å²) in [5.41, 5.74) is 2.70. The van der Waals surface area contributed by atoms with Crippen molar-refractivity contribution in [3.8, 4) is 5.95 Å². The molecule has 0 aliphatic carbocycles. The summed E-state index contributed by atoms with van der Waals surface area (Å²) in [6, 6.07) is 3.11. The van der Waals surface area contributed by atoms with Crippen molar-refractivity contribution in [1.29, 1.82) is 0 Å². The average molecular weight is 356 g/mol. The van der Waals surface area contributed by atoms with Crippen molar-refractivity contribution in [2.45, 2.75) is 40.5 Å². The van der Waals surface area contributed by atoms with Gasteiger partial charge in [-0.15, -0.1) is 0 Å². The van der Waals surface area contributed by atoms with Gasteiger partial charge in [0.2, 0.25) is 11.9 Å². The Morgan fingerprint density at radius 3 is 2.65 bits per heavy atom. The van der Waals surface area contributed by atoms with Gasteiger partial charge in [-0.1, -0.05) is 5.16 Å². The van der Waals surface area contributed by atoms with Crippen LogP contribution in [0.25, 0.3) is 5.95 Å². The van der Waals surface area contributed by atoms with Crippen LogP contribution in [0.4, 0.5) is 5.82 Å². The number of rotatable bonds is 5. The molecule has 3 rings (SSSR count). The monoisotopic (exact) mass is 356 g/mol.